The minimum Gasteiger partial charge on any atom is -0.455 e. The van der Waals surface area contributed by atoms with Gasteiger partial charge in [-0.3, -0.25) is 0 Å². The molecular weight excluding hydrogens is 623 g/mol. The van der Waals surface area contributed by atoms with E-state index in [-0.39, 0.29) is 0 Å². The first kappa shape index (κ1) is 29.0. The van der Waals surface area contributed by atoms with E-state index in [2.05, 4.69) is 115 Å². The van der Waals surface area contributed by atoms with Crippen LogP contribution in [0.1, 0.15) is 0 Å². The number of aromatic nitrogens is 3. The van der Waals surface area contributed by atoms with E-state index in [4.69, 9.17) is 19.4 Å². The Labute approximate surface area is 294 Å². The highest BCUT2D eigenvalue weighted by Gasteiger charge is 2.21. The minimum atomic E-state index is 0.564. The van der Waals surface area contributed by atoms with Gasteiger partial charge in [-0.2, -0.15) is 0 Å². The Balaban J connectivity index is 1.18. The maximum absolute atomic E-state index is 6.83. The summed E-state index contributed by atoms with van der Waals surface area (Å²) in [5, 5.41) is 6.86. The summed E-state index contributed by atoms with van der Waals surface area (Å²) < 4.78 is 6.83. The summed E-state index contributed by atoms with van der Waals surface area (Å²) in [5.41, 5.74) is 8.81. The summed E-state index contributed by atoms with van der Waals surface area (Å²) in [5.74, 6) is 1.79. The standard InChI is InChI=1S/C47H29N3O/c1-3-12-33(13-4-1)45-48-46(34-14-5-2-6-15-34)50-47(49-45)40-26-25-39(43-41-28-36-17-9-10-18-37(36)29-42(41)51-44(40)43)32-22-19-31(20-23-32)38-24-21-30-11-7-8-16-35(30)27-38/h1-29H. The van der Waals surface area contributed by atoms with Crippen LogP contribution in [-0.4, -0.2) is 15.0 Å². The molecule has 0 saturated heterocycles. The quantitative estimate of drug-likeness (QED) is 0.186. The number of rotatable bonds is 5. The average molecular weight is 652 g/mol. The van der Waals surface area contributed by atoms with Crippen LogP contribution in [0.4, 0.5) is 0 Å². The normalized spacial score (nSPS) is 11.5. The number of hydrogen-bond donors (Lipinski definition) is 0. The maximum Gasteiger partial charge on any atom is 0.167 e. The third kappa shape index (κ3) is 5.13. The molecule has 0 amide bonds. The summed E-state index contributed by atoms with van der Waals surface area (Å²) in [6.45, 7) is 0. The molecule has 0 aliphatic rings. The zero-order valence-electron chi connectivity index (χ0n) is 27.5. The number of hydrogen-bond acceptors (Lipinski definition) is 4. The van der Waals surface area contributed by atoms with Gasteiger partial charge in [-0.15, -0.1) is 0 Å². The molecule has 0 radical (unpaired) electrons. The predicted molar refractivity (Wildman–Crippen MR) is 209 cm³/mol. The van der Waals surface area contributed by atoms with E-state index in [1.54, 1.807) is 0 Å². The Morgan fingerprint density at radius 1 is 0.333 bits per heavy atom. The van der Waals surface area contributed by atoms with E-state index in [1.807, 2.05) is 60.7 Å². The van der Waals surface area contributed by atoms with Gasteiger partial charge in [0.15, 0.2) is 17.5 Å². The summed E-state index contributed by atoms with van der Waals surface area (Å²) in [7, 11) is 0. The Morgan fingerprint density at radius 3 is 1.51 bits per heavy atom. The predicted octanol–water partition coefficient (Wildman–Crippen LogP) is 12.4. The first-order chi connectivity index (χ1) is 25.2. The third-order valence-corrected chi connectivity index (χ3v) is 9.71. The van der Waals surface area contributed by atoms with Crippen LogP contribution in [0.5, 0.6) is 0 Å². The van der Waals surface area contributed by atoms with Gasteiger partial charge >= 0.3 is 0 Å². The van der Waals surface area contributed by atoms with Crippen LogP contribution in [0, 0.1) is 0 Å². The van der Waals surface area contributed by atoms with Gasteiger partial charge in [-0.05, 0) is 68.1 Å². The second kappa shape index (κ2) is 11.9. The van der Waals surface area contributed by atoms with E-state index < -0.39 is 0 Å². The monoisotopic (exact) mass is 651 g/mol. The van der Waals surface area contributed by atoms with Gasteiger partial charge in [0.25, 0.3) is 0 Å². The fraction of sp³-hybridized carbons (Fsp3) is 0. The van der Waals surface area contributed by atoms with E-state index in [0.717, 1.165) is 60.5 Å². The molecule has 0 spiro atoms. The van der Waals surface area contributed by atoms with Crippen molar-refractivity contribution in [2.24, 2.45) is 0 Å². The lowest BCUT2D eigenvalue weighted by molar-refractivity contribution is 0.670. The third-order valence-electron chi connectivity index (χ3n) is 9.71. The van der Waals surface area contributed by atoms with Crippen molar-refractivity contribution in [1.29, 1.82) is 0 Å². The molecule has 0 saturated carbocycles. The van der Waals surface area contributed by atoms with Crippen LogP contribution >= 0.6 is 0 Å². The van der Waals surface area contributed by atoms with Crippen LogP contribution in [0.15, 0.2) is 180 Å². The first-order valence-electron chi connectivity index (χ1n) is 17.1. The zero-order valence-corrected chi connectivity index (χ0v) is 27.5. The fourth-order valence-corrected chi connectivity index (χ4v) is 7.12. The molecule has 238 valence electrons. The Morgan fingerprint density at radius 2 is 0.843 bits per heavy atom. The lowest BCUT2D eigenvalue weighted by atomic mass is 9.94. The molecule has 2 heterocycles. The van der Waals surface area contributed by atoms with Crippen LogP contribution in [0.2, 0.25) is 0 Å². The molecule has 10 rings (SSSR count). The molecule has 8 aromatic carbocycles. The Hall–Kier alpha value is -6.91. The highest BCUT2D eigenvalue weighted by molar-refractivity contribution is 6.18. The van der Waals surface area contributed by atoms with Gasteiger partial charge in [0.2, 0.25) is 0 Å². The molecule has 10 aromatic rings. The van der Waals surface area contributed by atoms with Gasteiger partial charge in [0, 0.05) is 21.9 Å². The second-order valence-electron chi connectivity index (χ2n) is 12.8. The van der Waals surface area contributed by atoms with E-state index in [0.29, 0.717) is 17.5 Å². The van der Waals surface area contributed by atoms with Crippen LogP contribution < -0.4 is 0 Å². The van der Waals surface area contributed by atoms with Gasteiger partial charge in [-0.25, -0.2) is 15.0 Å². The molecule has 2 aromatic heterocycles. The highest BCUT2D eigenvalue weighted by Crippen LogP contribution is 2.43. The molecule has 0 aliphatic carbocycles. The van der Waals surface area contributed by atoms with Crippen molar-refractivity contribution >= 4 is 43.5 Å². The van der Waals surface area contributed by atoms with Gasteiger partial charge in [0.05, 0.1) is 5.56 Å². The summed E-state index contributed by atoms with van der Waals surface area (Å²) in [6.07, 6.45) is 0. The average Bonchev–Trinajstić information content (AvgIpc) is 3.58. The topological polar surface area (TPSA) is 51.8 Å². The number of fused-ring (bicyclic) bond motifs is 5. The van der Waals surface area contributed by atoms with Crippen molar-refractivity contribution < 1.29 is 4.42 Å². The number of nitrogens with zero attached hydrogens (tertiary/aromatic N) is 3. The van der Waals surface area contributed by atoms with Crippen molar-refractivity contribution in [1.82, 2.24) is 15.0 Å². The van der Waals surface area contributed by atoms with Crippen molar-refractivity contribution in [3.8, 4) is 56.4 Å². The molecule has 0 aliphatic heterocycles. The lowest BCUT2D eigenvalue weighted by Crippen LogP contribution is -2.00. The van der Waals surface area contributed by atoms with Crippen LogP contribution in [0.3, 0.4) is 0 Å². The van der Waals surface area contributed by atoms with Crippen molar-refractivity contribution in [3.05, 3.63) is 176 Å². The molecule has 0 fully saturated rings. The smallest absolute Gasteiger partial charge is 0.167 e. The van der Waals surface area contributed by atoms with Crippen molar-refractivity contribution in [2.45, 2.75) is 0 Å². The molecule has 4 heteroatoms. The fourth-order valence-electron chi connectivity index (χ4n) is 7.12. The molecule has 0 bridgehead atoms. The lowest BCUT2D eigenvalue weighted by Gasteiger charge is -2.11. The number of benzene rings is 8. The van der Waals surface area contributed by atoms with Crippen molar-refractivity contribution in [3.63, 3.8) is 0 Å². The van der Waals surface area contributed by atoms with Crippen LogP contribution in [0.25, 0.3) is 99.9 Å². The van der Waals surface area contributed by atoms with Gasteiger partial charge in [-0.1, -0.05) is 152 Å². The second-order valence-corrected chi connectivity index (χ2v) is 12.8. The SMILES string of the molecule is c1ccc(-c2nc(-c3ccccc3)nc(-c3ccc(-c4ccc(-c5ccc6ccccc6c5)cc4)c4c3oc3cc5ccccc5cc34)n2)cc1. The summed E-state index contributed by atoms with van der Waals surface area (Å²) in [6, 6.07) is 61.2. The number of furan rings is 1. The van der Waals surface area contributed by atoms with Crippen molar-refractivity contribution in [2.75, 3.05) is 0 Å². The zero-order chi connectivity index (χ0) is 33.7. The molecule has 0 atom stereocenters. The first-order valence-corrected chi connectivity index (χ1v) is 17.1. The summed E-state index contributed by atoms with van der Waals surface area (Å²) >= 11 is 0. The van der Waals surface area contributed by atoms with E-state index in [9.17, 15) is 0 Å². The largest absolute Gasteiger partial charge is 0.455 e. The maximum atomic E-state index is 6.83. The molecule has 4 nitrogen and oxygen atoms in total. The van der Waals surface area contributed by atoms with Gasteiger partial charge < -0.3 is 4.42 Å². The molecule has 0 N–H and O–H groups in total. The molecule has 51 heavy (non-hydrogen) atoms. The molecule has 0 unspecified atom stereocenters. The van der Waals surface area contributed by atoms with Crippen LogP contribution in [-0.2, 0) is 0 Å². The highest BCUT2D eigenvalue weighted by atomic mass is 16.3. The Kier molecular flexibility index (Phi) is 6.78. The van der Waals surface area contributed by atoms with E-state index in [1.165, 1.54) is 21.9 Å². The van der Waals surface area contributed by atoms with E-state index >= 15 is 0 Å². The Bertz CT molecular complexity index is 2840. The minimum absolute atomic E-state index is 0.564. The summed E-state index contributed by atoms with van der Waals surface area (Å²) in [4.78, 5) is 15.0. The molecular formula is C47H29N3O. The van der Waals surface area contributed by atoms with Gasteiger partial charge in [0.1, 0.15) is 11.2 Å².